The fraction of sp³-hybridized carbons (Fsp3) is 0.188. The Hall–Kier alpha value is -2.45. The molecule has 0 aromatic heterocycles. The maximum Gasteiger partial charge on any atom is 0.241 e. The van der Waals surface area contributed by atoms with Gasteiger partial charge < -0.3 is 10.1 Å². The van der Waals surface area contributed by atoms with Crippen molar-refractivity contribution < 1.29 is 22.3 Å². The van der Waals surface area contributed by atoms with Crippen molar-refractivity contribution in [1.29, 1.82) is 0 Å². The number of carbonyl (C=O) groups excluding carboxylic acids is 1. The Morgan fingerprint density at radius 3 is 2.46 bits per heavy atom. The number of nitrogens with one attached hydrogen (secondary N) is 2. The van der Waals surface area contributed by atoms with Crippen molar-refractivity contribution >= 4 is 21.6 Å². The first-order valence-corrected chi connectivity index (χ1v) is 8.67. The van der Waals surface area contributed by atoms with Crippen LogP contribution in [0.3, 0.4) is 0 Å². The quantitative estimate of drug-likeness (QED) is 0.800. The lowest BCUT2D eigenvalue weighted by molar-refractivity contribution is -0.115. The molecule has 0 radical (unpaired) electrons. The van der Waals surface area contributed by atoms with E-state index >= 15 is 0 Å². The smallest absolute Gasteiger partial charge is 0.241 e. The number of hydrogen-bond acceptors (Lipinski definition) is 4. The van der Waals surface area contributed by atoms with Gasteiger partial charge in [-0.25, -0.2) is 17.5 Å². The van der Waals surface area contributed by atoms with Crippen molar-refractivity contribution in [2.24, 2.45) is 0 Å². The van der Waals surface area contributed by atoms with E-state index in [1.54, 1.807) is 24.3 Å². The summed E-state index contributed by atoms with van der Waals surface area (Å²) in [5.41, 5.74) is 0.449. The highest BCUT2D eigenvalue weighted by atomic mass is 32.2. The van der Waals surface area contributed by atoms with Crippen LogP contribution in [0, 0.1) is 5.82 Å². The monoisotopic (exact) mass is 352 g/mol. The minimum absolute atomic E-state index is 0.119. The second-order valence-corrected chi connectivity index (χ2v) is 6.52. The van der Waals surface area contributed by atoms with Crippen molar-refractivity contribution in [1.82, 2.24) is 4.72 Å². The fourth-order valence-corrected chi connectivity index (χ4v) is 2.89. The maximum atomic E-state index is 12.8. The molecule has 2 aromatic rings. The first kappa shape index (κ1) is 17.9. The number of benzene rings is 2. The van der Waals surface area contributed by atoms with Gasteiger partial charge in [-0.2, -0.15) is 0 Å². The number of amides is 1. The average molecular weight is 352 g/mol. The molecule has 1 amide bonds. The van der Waals surface area contributed by atoms with Crippen LogP contribution in [0.1, 0.15) is 6.92 Å². The summed E-state index contributed by atoms with van der Waals surface area (Å²) in [5.74, 6) is -0.596. The van der Waals surface area contributed by atoms with Crippen molar-refractivity contribution in [3.8, 4) is 5.75 Å². The van der Waals surface area contributed by atoms with Crippen LogP contribution in [0.2, 0.25) is 0 Å². The third kappa shape index (κ3) is 4.77. The molecule has 0 aliphatic carbocycles. The summed E-state index contributed by atoms with van der Waals surface area (Å²) in [7, 11) is -3.89. The molecular formula is C16H17FN2O4S. The highest BCUT2D eigenvalue weighted by Crippen LogP contribution is 2.23. The maximum absolute atomic E-state index is 12.8. The summed E-state index contributed by atoms with van der Waals surface area (Å²) < 4.78 is 44.4. The first-order chi connectivity index (χ1) is 11.4. The van der Waals surface area contributed by atoms with Gasteiger partial charge in [-0.15, -0.1) is 0 Å². The van der Waals surface area contributed by atoms with Crippen LogP contribution in [-0.4, -0.2) is 27.5 Å². The third-order valence-electron chi connectivity index (χ3n) is 3.01. The van der Waals surface area contributed by atoms with Gasteiger partial charge in [-0.3, -0.25) is 4.79 Å². The molecule has 8 heteroatoms. The molecule has 0 aliphatic rings. The van der Waals surface area contributed by atoms with Crippen LogP contribution in [-0.2, 0) is 14.8 Å². The van der Waals surface area contributed by atoms with E-state index in [1.165, 1.54) is 0 Å². The lowest BCUT2D eigenvalue weighted by Crippen LogP contribution is -2.33. The number of sulfonamides is 1. The van der Waals surface area contributed by atoms with Gasteiger partial charge in [0.2, 0.25) is 15.9 Å². The number of anilines is 1. The van der Waals surface area contributed by atoms with E-state index in [9.17, 15) is 17.6 Å². The molecule has 0 unspecified atom stereocenters. The predicted molar refractivity (Wildman–Crippen MR) is 87.8 cm³/mol. The Balaban J connectivity index is 1.99. The summed E-state index contributed by atoms with van der Waals surface area (Å²) in [6.07, 6.45) is 0. The van der Waals surface area contributed by atoms with Crippen LogP contribution in [0.25, 0.3) is 0 Å². The highest BCUT2D eigenvalue weighted by Gasteiger charge is 2.16. The Kier molecular flexibility index (Phi) is 5.88. The van der Waals surface area contributed by atoms with Gasteiger partial charge in [0.1, 0.15) is 11.6 Å². The lowest BCUT2D eigenvalue weighted by atomic mass is 10.3. The zero-order valence-electron chi connectivity index (χ0n) is 13.0. The highest BCUT2D eigenvalue weighted by molar-refractivity contribution is 7.89. The van der Waals surface area contributed by atoms with Crippen molar-refractivity contribution in [2.45, 2.75) is 11.8 Å². The molecule has 2 aromatic carbocycles. The molecular weight excluding hydrogens is 335 g/mol. The third-order valence-corrected chi connectivity index (χ3v) is 4.42. The summed E-state index contributed by atoms with van der Waals surface area (Å²) in [4.78, 5) is 11.8. The molecule has 0 aliphatic heterocycles. The largest absolute Gasteiger partial charge is 0.492 e. The Morgan fingerprint density at radius 2 is 1.79 bits per heavy atom. The minimum Gasteiger partial charge on any atom is -0.492 e. The zero-order valence-corrected chi connectivity index (χ0v) is 13.8. The number of halogens is 1. The van der Waals surface area contributed by atoms with E-state index in [0.717, 1.165) is 24.3 Å². The van der Waals surface area contributed by atoms with E-state index in [4.69, 9.17) is 4.74 Å². The normalized spacial score (nSPS) is 11.1. The SMILES string of the molecule is CCOc1ccccc1NC(=O)CNS(=O)(=O)c1ccc(F)cc1. The second kappa shape index (κ2) is 7.89. The van der Waals surface area contributed by atoms with Gasteiger partial charge in [0, 0.05) is 0 Å². The Morgan fingerprint density at radius 1 is 1.12 bits per heavy atom. The summed E-state index contributed by atoms with van der Waals surface area (Å²) in [6.45, 7) is 1.79. The molecule has 0 atom stereocenters. The molecule has 6 nitrogen and oxygen atoms in total. The Bertz CT molecular complexity index is 807. The summed E-state index contributed by atoms with van der Waals surface area (Å²) in [5, 5.41) is 2.58. The van der Waals surface area contributed by atoms with Crippen LogP contribution >= 0.6 is 0 Å². The predicted octanol–water partition coefficient (Wildman–Crippen LogP) is 2.14. The first-order valence-electron chi connectivity index (χ1n) is 7.19. The molecule has 128 valence electrons. The number of para-hydroxylation sites is 2. The van der Waals surface area contributed by atoms with Crippen molar-refractivity contribution in [3.05, 3.63) is 54.3 Å². The van der Waals surface area contributed by atoms with Crippen molar-refractivity contribution in [2.75, 3.05) is 18.5 Å². The molecule has 2 rings (SSSR count). The summed E-state index contributed by atoms with van der Waals surface area (Å²) in [6, 6.07) is 11.2. The number of hydrogen-bond donors (Lipinski definition) is 2. The molecule has 0 heterocycles. The van der Waals surface area contributed by atoms with E-state index in [1.807, 2.05) is 6.92 Å². The van der Waals surface area contributed by atoms with E-state index in [2.05, 4.69) is 10.0 Å². The number of carbonyl (C=O) groups is 1. The standard InChI is InChI=1S/C16H17FN2O4S/c1-2-23-15-6-4-3-5-14(15)19-16(20)11-18-24(21,22)13-9-7-12(17)8-10-13/h3-10,18H,2,11H2,1H3,(H,19,20). The second-order valence-electron chi connectivity index (χ2n) is 4.76. The number of ether oxygens (including phenoxy) is 1. The molecule has 0 fully saturated rings. The Labute approximate surface area is 139 Å². The fourth-order valence-electron chi connectivity index (χ4n) is 1.90. The van der Waals surface area contributed by atoms with Gasteiger partial charge >= 0.3 is 0 Å². The zero-order chi connectivity index (χ0) is 17.6. The van der Waals surface area contributed by atoms with Gasteiger partial charge in [0.15, 0.2) is 0 Å². The van der Waals surface area contributed by atoms with Crippen LogP contribution in [0.5, 0.6) is 5.75 Å². The molecule has 0 saturated carbocycles. The van der Waals surface area contributed by atoms with E-state index in [-0.39, 0.29) is 4.90 Å². The van der Waals surface area contributed by atoms with Gasteiger partial charge in [0.25, 0.3) is 0 Å². The van der Waals surface area contributed by atoms with Crippen LogP contribution in [0.4, 0.5) is 10.1 Å². The molecule has 24 heavy (non-hydrogen) atoms. The lowest BCUT2D eigenvalue weighted by Gasteiger charge is -2.11. The average Bonchev–Trinajstić information content (AvgIpc) is 2.56. The molecule has 0 saturated heterocycles. The topological polar surface area (TPSA) is 84.5 Å². The summed E-state index contributed by atoms with van der Waals surface area (Å²) >= 11 is 0. The van der Waals surface area contributed by atoms with Gasteiger partial charge in [0.05, 0.1) is 23.7 Å². The van der Waals surface area contributed by atoms with E-state index < -0.39 is 28.3 Å². The van der Waals surface area contributed by atoms with Crippen LogP contribution in [0.15, 0.2) is 53.4 Å². The van der Waals surface area contributed by atoms with E-state index in [0.29, 0.717) is 18.0 Å². The molecule has 0 spiro atoms. The number of rotatable bonds is 7. The van der Waals surface area contributed by atoms with Gasteiger partial charge in [-0.1, -0.05) is 12.1 Å². The molecule has 0 bridgehead atoms. The molecule has 2 N–H and O–H groups in total. The minimum atomic E-state index is -3.89. The van der Waals surface area contributed by atoms with Crippen LogP contribution < -0.4 is 14.8 Å². The van der Waals surface area contributed by atoms with Gasteiger partial charge in [-0.05, 0) is 43.3 Å². The van der Waals surface area contributed by atoms with Crippen molar-refractivity contribution in [3.63, 3.8) is 0 Å².